The molecule has 1 aromatic carbocycles. The predicted molar refractivity (Wildman–Crippen MR) is 84.9 cm³/mol. The normalized spacial score (nSPS) is 11.4. The molecule has 0 atom stereocenters. The maximum absolute atomic E-state index is 13.1. The molecule has 0 spiro atoms. The molecule has 0 aliphatic carbocycles. The fourth-order valence-electron chi connectivity index (χ4n) is 2.41. The van der Waals surface area contributed by atoms with Gasteiger partial charge in [0.1, 0.15) is 11.6 Å². The van der Waals surface area contributed by atoms with Crippen molar-refractivity contribution in [3.05, 3.63) is 42.2 Å². The average Bonchev–Trinajstić information content (AvgIpc) is 2.90. The van der Waals surface area contributed by atoms with E-state index in [9.17, 15) is 4.39 Å². The third-order valence-electron chi connectivity index (χ3n) is 3.60. The lowest BCUT2D eigenvalue weighted by Crippen LogP contribution is -2.13. The van der Waals surface area contributed by atoms with E-state index < -0.39 is 0 Å². The highest BCUT2D eigenvalue weighted by Crippen LogP contribution is 2.28. The van der Waals surface area contributed by atoms with E-state index in [0.29, 0.717) is 11.6 Å². The number of aromatic nitrogens is 4. The van der Waals surface area contributed by atoms with Crippen molar-refractivity contribution in [3.63, 3.8) is 0 Å². The van der Waals surface area contributed by atoms with Gasteiger partial charge in [-0.15, -0.1) is 0 Å². The standard InChI is InChI=1S/C16H18FN5/c1-10(2)22-9-18-14-15(19-11(3)20-16(14)22)21(4)13-7-5-12(17)6-8-13/h5-10H,1-4H3. The van der Waals surface area contributed by atoms with E-state index in [1.54, 1.807) is 18.5 Å². The maximum Gasteiger partial charge on any atom is 0.166 e. The zero-order valence-electron chi connectivity index (χ0n) is 13.1. The van der Waals surface area contributed by atoms with Crippen molar-refractivity contribution in [2.45, 2.75) is 26.8 Å². The van der Waals surface area contributed by atoms with Crippen molar-refractivity contribution in [3.8, 4) is 0 Å². The number of aryl methyl sites for hydroxylation is 1. The van der Waals surface area contributed by atoms with E-state index in [1.807, 2.05) is 23.4 Å². The largest absolute Gasteiger partial charge is 0.328 e. The molecule has 0 bridgehead atoms. The molecule has 0 radical (unpaired) electrons. The fraction of sp³-hybridized carbons (Fsp3) is 0.312. The molecule has 114 valence electrons. The molecular formula is C16H18FN5. The van der Waals surface area contributed by atoms with E-state index >= 15 is 0 Å². The zero-order chi connectivity index (χ0) is 15.9. The lowest BCUT2D eigenvalue weighted by atomic mass is 10.3. The highest BCUT2D eigenvalue weighted by atomic mass is 19.1. The Hall–Kier alpha value is -2.50. The van der Waals surface area contributed by atoms with Crippen LogP contribution in [-0.2, 0) is 0 Å². The van der Waals surface area contributed by atoms with Gasteiger partial charge in [0.05, 0.1) is 6.33 Å². The van der Waals surface area contributed by atoms with Crippen molar-refractivity contribution < 1.29 is 4.39 Å². The number of imidazole rings is 1. The highest BCUT2D eigenvalue weighted by molar-refractivity contribution is 5.86. The van der Waals surface area contributed by atoms with Crippen LogP contribution in [-0.4, -0.2) is 26.6 Å². The van der Waals surface area contributed by atoms with Gasteiger partial charge < -0.3 is 9.47 Å². The van der Waals surface area contributed by atoms with Gasteiger partial charge in [0, 0.05) is 18.8 Å². The van der Waals surface area contributed by atoms with Crippen molar-refractivity contribution in [2.24, 2.45) is 0 Å². The Morgan fingerprint density at radius 2 is 1.82 bits per heavy atom. The van der Waals surface area contributed by atoms with E-state index in [-0.39, 0.29) is 11.9 Å². The molecule has 5 nitrogen and oxygen atoms in total. The maximum atomic E-state index is 13.1. The number of hydrogen-bond donors (Lipinski definition) is 0. The molecule has 0 aliphatic heterocycles. The number of nitrogens with zero attached hydrogens (tertiary/aromatic N) is 5. The van der Waals surface area contributed by atoms with Crippen LogP contribution < -0.4 is 4.90 Å². The molecule has 2 aromatic heterocycles. The first-order chi connectivity index (χ1) is 10.5. The molecule has 0 N–H and O–H groups in total. The lowest BCUT2D eigenvalue weighted by Gasteiger charge is -2.19. The third-order valence-corrected chi connectivity index (χ3v) is 3.60. The highest BCUT2D eigenvalue weighted by Gasteiger charge is 2.17. The quantitative estimate of drug-likeness (QED) is 0.741. The summed E-state index contributed by atoms with van der Waals surface area (Å²) in [5.41, 5.74) is 2.40. The molecule has 0 saturated heterocycles. The number of halogens is 1. The van der Waals surface area contributed by atoms with Gasteiger partial charge in [-0.05, 0) is 45.0 Å². The summed E-state index contributed by atoms with van der Waals surface area (Å²) in [6.45, 7) is 6.03. The van der Waals surface area contributed by atoms with Crippen molar-refractivity contribution in [2.75, 3.05) is 11.9 Å². The van der Waals surface area contributed by atoms with Gasteiger partial charge in [-0.3, -0.25) is 0 Å². The van der Waals surface area contributed by atoms with E-state index in [1.165, 1.54) is 12.1 Å². The zero-order valence-corrected chi connectivity index (χ0v) is 13.1. The van der Waals surface area contributed by atoms with Gasteiger partial charge in [-0.1, -0.05) is 0 Å². The second-order valence-corrected chi connectivity index (χ2v) is 5.55. The minimum atomic E-state index is -0.259. The predicted octanol–water partition coefficient (Wildman–Crippen LogP) is 3.62. The van der Waals surface area contributed by atoms with Crippen molar-refractivity contribution in [1.82, 2.24) is 19.5 Å². The Morgan fingerprint density at radius 3 is 2.45 bits per heavy atom. The van der Waals surface area contributed by atoms with Gasteiger partial charge in [0.2, 0.25) is 0 Å². The Labute approximate surface area is 128 Å². The summed E-state index contributed by atoms with van der Waals surface area (Å²) >= 11 is 0. The number of hydrogen-bond acceptors (Lipinski definition) is 4. The number of benzene rings is 1. The number of fused-ring (bicyclic) bond motifs is 1. The number of rotatable bonds is 3. The minimum absolute atomic E-state index is 0.259. The molecule has 2 heterocycles. The summed E-state index contributed by atoms with van der Waals surface area (Å²) in [6, 6.07) is 6.58. The Morgan fingerprint density at radius 1 is 1.14 bits per heavy atom. The molecule has 0 fully saturated rings. The van der Waals surface area contributed by atoms with Crippen LogP contribution in [0.15, 0.2) is 30.6 Å². The second kappa shape index (κ2) is 5.36. The first-order valence-corrected chi connectivity index (χ1v) is 7.18. The van der Waals surface area contributed by atoms with Gasteiger partial charge >= 0.3 is 0 Å². The summed E-state index contributed by atoms with van der Waals surface area (Å²) in [7, 11) is 1.89. The van der Waals surface area contributed by atoms with Crippen LogP contribution in [0, 0.1) is 12.7 Å². The monoisotopic (exact) mass is 299 g/mol. The van der Waals surface area contributed by atoms with Crippen molar-refractivity contribution in [1.29, 1.82) is 0 Å². The lowest BCUT2D eigenvalue weighted by molar-refractivity contribution is 0.612. The second-order valence-electron chi connectivity index (χ2n) is 5.55. The first-order valence-electron chi connectivity index (χ1n) is 7.18. The summed E-state index contributed by atoms with van der Waals surface area (Å²) in [5, 5.41) is 0. The Kier molecular flexibility index (Phi) is 3.52. The minimum Gasteiger partial charge on any atom is -0.328 e. The summed E-state index contributed by atoms with van der Waals surface area (Å²) in [5.74, 6) is 1.14. The summed E-state index contributed by atoms with van der Waals surface area (Å²) in [6.07, 6.45) is 1.78. The summed E-state index contributed by atoms with van der Waals surface area (Å²) < 4.78 is 15.1. The molecule has 3 rings (SSSR count). The van der Waals surface area contributed by atoms with Crippen LogP contribution >= 0.6 is 0 Å². The summed E-state index contributed by atoms with van der Waals surface area (Å²) in [4.78, 5) is 15.4. The van der Waals surface area contributed by atoms with E-state index in [2.05, 4.69) is 28.8 Å². The molecule has 0 unspecified atom stereocenters. The van der Waals surface area contributed by atoms with Crippen LogP contribution in [0.1, 0.15) is 25.7 Å². The van der Waals surface area contributed by atoms with Gasteiger partial charge in [-0.2, -0.15) is 0 Å². The van der Waals surface area contributed by atoms with Crippen LogP contribution in [0.5, 0.6) is 0 Å². The fourth-order valence-corrected chi connectivity index (χ4v) is 2.41. The Bertz CT molecular complexity index is 807. The average molecular weight is 299 g/mol. The molecule has 0 amide bonds. The van der Waals surface area contributed by atoms with Gasteiger partial charge in [0.15, 0.2) is 17.0 Å². The SMILES string of the molecule is Cc1nc(N(C)c2ccc(F)cc2)c2ncn(C(C)C)c2n1. The molecular weight excluding hydrogens is 281 g/mol. The Balaban J connectivity index is 2.15. The molecule has 6 heteroatoms. The van der Waals surface area contributed by atoms with Crippen LogP contribution in [0.3, 0.4) is 0 Å². The van der Waals surface area contributed by atoms with Crippen LogP contribution in [0.2, 0.25) is 0 Å². The van der Waals surface area contributed by atoms with Crippen LogP contribution in [0.4, 0.5) is 15.9 Å². The van der Waals surface area contributed by atoms with Crippen LogP contribution in [0.25, 0.3) is 11.2 Å². The van der Waals surface area contributed by atoms with Crippen molar-refractivity contribution >= 4 is 22.7 Å². The topological polar surface area (TPSA) is 46.8 Å². The molecule has 22 heavy (non-hydrogen) atoms. The molecule has 0 saturated carbocycles. The van der Waals surface area contributed by atoms with Gasteiger partial charge in [0.25, 0.3) is 0 Å². The first kappa shape index (κ1) is 14.4. The molecule has 0 aliphatic rings. The smallest absolute Gasteiger partial charge is 0.166 e. The number of anilines is 2. The van der Waals surface area contributed by atoms with E-state index in [4.69, 9.17) is 0 Å². The molecule has 3 aromatic rings. The van der Waals surface area contributed by atoms with E-state index in [0.717, 1.165) is 16.9 Å². The third kappa shape index (κ3) is 2.41. The van der Waals surface area contributed by atoms with Gasteiger partial charge in [-0.25, -0.2) is 19.3 Å².